The molecule has 0 aliphatic heterocycles. The zero-order chi connectivity index (χ0) is 17.5. The summed E-state index contributed by atoms with van der Waals surface area (Å²) in [5.74, 6) is 0.835. The van der Waals surface area contributed by atoms with Gasteiger partial charge in [-0.05, 0) is 55.5 Å². The van der Waals surface area contributed by atoms with Gasteiger partial charge in [0.2, 0.25) is 0 Å². The number of hydrogen-bond donors (Lipinski definition) is 3. The van der Waals surface area contributed by atoms with E-state index in [-0.39, 0.29) is 18.2 Å². The second kappa shape index (κ2) is 8.53. The maximum Gasteiger partial charge on any atom is 0.319 e. The molecule has 1 aliphatic rings. The van der Waals surface area contributed by atoms with E-state index in [1.807, 2.05) is 54.6 Å². The number of anilines is 1. The van der Waals surface area contributed by atoms with Crippen molar-refractivity contribution in [3.05, 3.63) is 60.2 Å². The maximum atomic E-state index is 12.0. The molecule has 25 heavy (non-hydrogen) atoms. The van der Waals surface area contributed by atoms with Gasteiger partial charge in [-0.15, -0.1) is 0 Å². The van der Waals surface area contributed by atoms with Crippen LogP contribution in [0.25, 0.3) is 0 Å². The number of amides is 2. The van der Waals surface area contributed by atoms with Crippen LogP contribution in [-0.2, 0) is 6.61 Å². The summed E-state index contributed by atoms with van der Waals surface area (Å²) in [5.41, 5.74) is 1.79. The van der Waals surface area contributed by atoms with Crippen LogP contribution in [0.2, 0.25) is 0 Å². The van der Waals surface area contributed by atoms with Crippen molar-refractivity contribution < 1.29 is 14.6 Å². The lowest BCUT2D eigenvalue weighted by Gasteiger charge is -2.26. The minimum absolute atomic E-state index is 0.141. The molecule has 0 spiro atoms. The Hall–Kier alpha value is -2.53. The van der Waals surface area contributed by atoms with Gasteiger partial charge in [0.25, 0.3) is 0 Å². The number of aliphatic hydroxyl groups is 1. The van der Waals surface area contributed by atoms with E-state index in [4.69, 9.17) is 4.74 Å². The number of para-hydroxylation sites is 1. The lowest BCUT2D eigenvalue weighted by Crippen LogP contribution is -2.40. The van der Waals surface area contributed by atoms with Gasteiger partial charge < -0.3 is 20.5 Å². The number of urea groups is 1. The second-order valence-corrected chi connectivity index (χ2v) is 6.40. The van der Waals surface area contributed by atoms with Crippen molar-refractivity contribution in [3.8, 4) is 5.75 Å². The molecular formula is C20H24N2O3. The van der Waals surface area contributed by atoms with E-state index in [1.54, 1.807) is 0 Å². The van der Waals surface area contributed by atoms with E-state index in [9.17, 15) is 9.90 Å². The standard InChI is InChI=1S/C20H24N2O3/c23-18-12-10-17(11-13-18)22-20(24)21-16-8-6-15(7-9-16)14-25-19-4-2-1-3-5-19/h1-9,17-18,23H,10-14H2,(H2,21,22,24). The minimum atomic E-state index is -0.216. The van der Waals surface area contributed by atoms with Crippen molar-refractivity contribution in [2.45, 2.75) is 44.4 Å². The Balaban J connectivity index is 1.44. The van der Waals surface area contributed by atoms with Crippen LogP contribution >= 0.6 is 0 Å². The predicted molar refractivity (Wildman–Crippen MR) is 97.6 cm³/mol. The average molecular weight is 340 g/mol. The van der Waals surface area contributed by atoms with E-state index in [1.165, 1.54) is 0 Å². The second-order valence-electron chi connectivity index (χ2n) is 6.40. The predicted octanol–water partition coefficient (Wildman–Crippen LogP) is 3.69. The van der Waals surface area contributed by atoms with Crippen molar-refractivity contribution in [1.82, 2.24) is 5.32 Å². The Kier molecular flexibility index (Phi) is 5.90. The molecule has 0 aromatic heterocycles. The van der Waals surface area contributed by atoms with E-state index in [2.05, 4.69) is 10.6 Å². The van der Waals surface area contributed by atoms with Crippen molar-refractivity contribution in [1.29, 1.82) is 0 Å². The summed E-state index contributed by atoms with van der Waals surface area (Å²) in [5, 5.41) is 15.3. The Labute approximate surface area is 148 Å². The molecule has 5 nitrogen and oxygen atoms in total. The van der Waals surface area contributed by atoms with Gasteiger partial charge in [0.05, 0.1) is 6.10 Å². The number of ether oxygens (including phenoxy) is 1. The molecule has 5 heteroatoms. The lowest BCUT2D eigenvalue weighted by molar-refractivity contribution is 0.118. The number of nitrogens with one attached hydrogen (secondary N) is 2. The summed E-state index contributed by atoms with van der Waals surface area (Å²) in [6.45, 7) is 0.487. The summed E-state index contributed by atoms with van der Waals surface area (Å²) in [7, 11) is 0. The molecule has 0 radical (unpaired) electrons. The van der Waals surface area contributed by atoms with Crippen LogP contribution in [0, 0.1) is 0 Å². The van der Waals surface area contributed by atoms with Gasteiger partial charge in [0.1, 0.15) is 12.4 Å². The van der Waals surface area contributed by atoms with Crippen LogP contribution in [0.3, 0.4) is 0 Å². The highest BCUT2D eigenvalue weighted by atomic mass is 16.5. The zero-order valence-electron chi connectivity index (χ0n) is 14.2. The van der Waals surface area contributed by atoms with Crippen LogP contribution in [0.15, 0.2) is 54.6 Å². The molecule has 2 amide bonds. The minimum Gasteiger partial charge on any atom is -0.489 e. The lowest BCUT2D eigenvalue weighted by atomic mass is 9.93. The fraction of sp³-hybridized carbons (Fsp3) is 0.350. The van der Waals surface area contributed by atoms with Crippen molar-refractivity contribution in [2.75, 3.05) is 5.32 Å². The first-order valence-corrected chi connectivity index (χ1v) is 8.71. The highest BCUT2D eigenvalue weighted by Crippen LogP contribution is 2.19. The van der Waals surface area contributed by atoms with Gasteiger partial charge in [-0.3, -0.25) is 0 Å². The van der Waals surface area contributed by atoms with Crippen LogP contribution in [0.5, 0.6) is 5.75 Å². The third-order valence-electron chi connectivity index (χ3n) is 4.39. The smallest absolute Gasteiger partial charge is 0.319 e. The van der Waals surface area contributed by atoms with Crippen LogP contribution in [-0.4, -0.2) is 23.3 Å². The molecule has 132 valence electrons. The number of rotatable bonds is 5. The van der Waals surface area contributed by atoms with Crippen LogP contribution in [0.1, 0.15) is 31.2 Å². The zero-order valence-corrected chi connectivity index (χ0v) is 14.2. The monoisotopic (exact) mass is 340 g/mol. The molecule has 1 saturated carbocycles. The van der Waals surface area contributed by atoms with Gasteiger partial charge in [0.15, 0.2) is 0 Å². The largest absolute Gasteiger partial charge is 0.489 e. The fourth-order valence-electron chi connectivity index (χ4n) is 2.94. The number of carbonyl (C=O) groups excluding carboxylic acids is 1. The first-order valence-electron chi connectivity index (χ1n) is 8.71. The molecule has 1 fully saturated rings. The molecule has 0 heterocycles. The Morgan fingerprint density at radius 2 is 1.68 bits per heavy atom. The van der Waals surface area contributed by atoms with Crippen molar-refractivity contribution in [3.63, 3.8) is 0 Å². The first kappa shape index (κ1) is 17.3. The van der Waals surface area contributed by atoms with Gasteiger partial charge >= 0.3 is 6.03 Å². The third kappa shape index (κ3) is 5.50. The topological polar surface area (TPSA) is 70.6 Å². The summed E-state index contributed by atoms with van der Waals surface area (Å²) in [6.07, 6.45) is 2.93. The number of aliphatic hydroxyl groups excluding tert-OH is 1. The first-order chi connectivity index (χ1) is 12.2. The van der Waals surface area contributed by atoms with Gasteiger partial charge in [-0.1, -0.05) is 30.3 Å². The average Bonchev–Trinajstić information content (AvgIpc) is 2.64. The van der Waals surface area contributed by atoms with Crippen LogP contribution < -0.4 is 15.4 Å². The number of benzene rings is 2. The molecule has 0 atom stereocenters. The highest BCUT2D eigenvalue weighted by Gasteiger charge is 2.20. The molecule has 0 bridgehead atoms. The van der Waals surface area contributed by atoms with E-state index in [0.29, 0.717) is 6.61 Å². The fourth-order valence-corrected chi connectivity index (χ4v) is 2.94. The summed E-state index contributed by atoms with van der Waals surface area (Å²) >= 11 is 0. The normalized spacial score (nSPS) is 19.9. The Morgan fingerprint density at radius 1 is 1.00 bits per heavy atom. The highest BCUT2D eigenvalue weighted by molar-refractivity contribution is 5.89. The van der Waals surface area contributed by atoms with Gasteiger partial charge in [-0.2, -0.15) is 0 Å². The molecule has 3 rings (SSSR count). The molecule has 2 aromatic carbocycles. The molecule has 3 N–H and O–H groups in total. The Bertz CT molecular complexity index is 665. The maximum absolute atomic E-state index is 12.0. The van der Waals surface area contributed by atoms with Crippen LogP contribution in [0.4, 0.5) is 10.5 Å². The summed E-state index contributed by atoms with van der Waals surface area (Å²) in [4.78, 5) is 12.0. The molecule has 2 aromatic rings. The van der Waals surface area contributed by atoms with E-state index < -0.39 is 0 Å². The molecule has 0 saturated heterocycles. The number of carbonyl (C=O) groups is 1. The molecule has 0 unspecified atom stereocenters. The quantitative estimate of drug-likeness (QED) is 0.777. The third-order valence-corrected chi connectivity index (χ3v) is 4.39. The van der Waals surface area contributed by atoms with E-state index >= 15 is 0 Å². The van der Waals surface area contributed by atoms with Crippen molar-refractivity contribution >= 4 is 11.7 Å². The summed E-state index contributed by atoms with van der Waals surface area (Å²) in [6, 6.07) is 17.2. The SMILES string of the molecule is O=C(Nc1ccc(COc2ccccc2)cc1)NC1CCC(O)CC1. The summed E-state index contributed by atoms with van der Waals surface area (Å²) < 4.78 is 5.70. The Morgan fingerprint density at radius 3 is 2.36 bits per heavy atom. The van der Waals surface area contributed by atoms with Crippen molar-refractivity contribution in [2.24, 2.45) is 0 Å². The number of hydrogen-bond acceptors (Lipinski definition) is 3. The van der Waals surface area contributed by atoms with E-state index in [0.717, 1.165) is 42.7 Å². The molecule has 1 aliphatic carbocycles. The molecular weight excluding hydrogens is 316 g/mol. The van der Waals surface area contributed by atoms with Gasteiger partial charge in [0, 0.05) is 11.7 Å². The van der Waals surface area contributed by atoms with Gasteiger partial charge in [-0.25, -0.2) is 4.79 Å².